The predicted octanol–water partition coefficient (Wildman–Crippen LogP) is 2.40. The van der Waals surface area contributed by atoms with E-state index in [1.807, 2.05) is 19.2 Å². The van der Waals surface area contributed by atoms with E-state index in [0.717, 1.165) is 5.01 Å². The van der Waals surface area contributed by atoms with Crippen LogP contribution in [0.1, 0.15) is 40.5 Å². The molecule has 0 aliphatic rings. The van der Waals surface area contributed by atoms with Crippen molar-refractivity contribution in [2.75, 3.05) is 0 Å². The lowest BCUT2D eigenvalue weighted by molar-refractivity contribution is 0.0693. The van der Waals surface area contributed by atoms with Gasteiger partial charge in [0.25, 0.3) is 5.56 Å². The third kappa shape index (κ3) is 2.16. The summed E-state index contributed by atoms with van der Waals surface area (Å²) in [5.41, 5.74) is 0.195. The van der Waals surface area contributed by atoms with E-state index in [1.54, 1.807) is 20.0 Å². The van der Waals surface area contributed by atoms with Crippen LogP contribution in [0.5, 0.6) is 0 Å². The van der Waals surface area contributed by atoms with Crippen molar-refractivity contribution < 1.29 is 9.90 Å². The number of carboxylic acid groups (broad SMARTS) is 1. The van der Waals surface area contributed by atoms with Gasteiger partial charge in [-0.25, -0.2) is 9.78 Å². The fourth-order valence-electron chi connectivity index (χ4n) is 2.52. The molecule has 106 valence electrons. The van der Waals surface area contributed by atoms with Crippen LogP contribution < -0.4 is 5.56 Å². The summed E-state index contributed by atoms with van der Waals surface area (Å²) in [6.45, 7) is 7.02. The largest absolute Gasteiger partial charge is 0.478 e. The third-order valence-electron chi connectivity index (χ3n) is 3.38. The van der Waals surface area contributed by atoms with Gasteiger partial charge in [0.2, 0.25) is 0 Å². The number of pyridine rings is 1. The first-order valence-electron chi connectivity index (χ1n) is 6.13. The summed E-state index contributed by atoms with van der Waals surface area (Å²) >= 11 is 1.44. The fraction of sp³-hybridized carbons (Fsp3) is 0.357. The fourth-order valence-corrected chi connectivity index (χ4v) is 3.28. The Bertz CT molecular complexity index is 715. The Labute approximate surface area is 120 Å². The minimum atomic E-state index is -1.02. The molecule has 0 aromatic carbocycles. The van der Waals surface area contributed by atoms with E-state index < -0.39 is 11.5 Å². The summed E-state index contributed by atoms with van der Waals surface area (Å²) in [7, 11) is 0. The molecule has 0 atom stereocenters. The van der Waals surface area contributed by atoms with Gasteiger partial charge in [0.05, 0.1) is 11.1 Å². The van der Waals surface area contributed by atoms with Gasteiger partial charge in [-0.3, -0.25) is 9.36 Å². The van der Waals surface area contributed by atoms with Gasteiger partial charge in [0, 0.05) is 23.3 Å². The Kier molecular flexibility index (Phi) is 3.52. The molecule has 0 saturated heterocycles. The monoisotopic (exact) mass is 292 g/mol. The number of aromatic nitrogens is 2. The Morgan fingerprint density at radius 2 is 2.05 bits per heavy atom. The van der Waals surface area contributed by atoms with E-state index in [9.17, 15) is 14.7 Å². The summed E-state index contributed by atoms with van der Waals surface area (Å²) in [5.74, 6) is -1.02. The molecule has 2 aromatic heterocycles. The minimum Gasteiger partial charge on any atom is -0.478 e. The number of aromatic carboxylic acids is 1. The van der Waals surface area contributed by atoms with Crippen LogP contribution >= 0.6 is 11.3 Å². The number of nitrogens with zero attached hydrogens (tertiary/aromatic N) is 2. The second-order valence-electron chi connectivity index (χ2n) is 5.16. The molecule has 2 aromatic rings. The van der Waals surface area contributed by atoms with Gasteiger partial charge in [-0.15, -0.1) is 11.3 Å². The summed E-state index contributed by atoms with van der Waals surface area (Å²) in [6.07, 6.45) is 1.68. The lowest BCUT2D eigenvalue weighted by Crippen LogP contribution is -2.39. The molecule has 0 unspecified atom stereocenters. The smallest absolute Gasteiger partial charge is 0.337 e. The molecule has 0 spiro atoms. The van der Waals surface area contributed by atoms with Crippen LogP contribution in [0.2, 0.25) is 0 Å². The molecule has 0 saturated carbocycles. The highest BCUT2D eigenvalue weighted by molar-refractivity contribution is 7.09. The zero-order chi connectivity index (χ0) is 15.1. The number of aryl methyl sites for hydroxylation is 1. The standard InChI is InChI=1S/C14H16N2O3S/c1-8-7-10(17)16(9(2)11(8)12(18)19)14(3,4)13-15-5-6-20-13/h5-7H,1-4H3,(H,18,19). The molecule has 0 amide bonds. The van der Waals surface area contributed by atoms with Crippen molar-refractivity contribution >= 4 is 17.3 Å². The van der Waals surface area contributed by atoms with E-state index in [-0.39, 0.29) is 11.1 Å². The first-order chi connectivity index (χ1) is 9.26. The zero-order valence-electron chi connectivity index (χ0n) is 11.8. The van der Waals surface area contributed by atoms with Crippen LogP contribution in [0.4, 0.5) is 0 Å². The molecule has 5 nitrogen and oxygen atoms in total. The molecule has 0 aliphatic heterocycles. The quantitative estimate of drug-likeness (QED) is 0.943. The number of carbonyl (C=O) groups is 1. The van der Waals surface area contributed by atoms with E-state index in [4.69, 9.17) is 0 Å². The van der Waals surface area contributed by atoms with E-state index in [1.165, 1.54) is 22.0 Å². The van der Waals surface area contributed by atoms with Crippen molar-refractivity contribution in [3.05, 3.63) is 49.8 Å². The van der Waals surface area contributed by atoms with Crippen LogP contribution in [-0.2, 0) is 5.54 Å². The normalized spacial score (nSPS) is 11.6. The van der Waals surface area contributed by atoms with Crippen LogP contribution in [-0.4, -0.2) is 20.6 Å². The van der Waals surface area contributed by atoms with Gasteiger partial charge in [0.1, 0.15) is 5.01 Å². The molecule has 2 heterocycles. The van der Waals surface area contributed by atoms with Gasteiger partial charge in [-0.05, 0) is 33.3 Å². The molecular formula is C14H16N2O3S. The van der Waals surface area contributed by atoms with Gasteiger partial charge in [-0.1, -0.05) is 0 Å². The van der Waals surface area contributed by atoms with Crippen LogP contribution in [0.3, 0.4) is 0 Å². The second kappa shape index (κ2) is 4.86. The zero-order valence-corrected chi connectivity index (χ0v) is 12.6. The Morgan fingerprint density at radius 1 is 1.40 bits per heavy atom. The van der Waals surface area contributed by atoms with E-state index in [0.29, 0.717) is 11.3 Å². The first-order valence-corrected chi connectivity index (χ1v) is 7.01. The summed E-state index contributed by atoms with van der Waals surface area (Å²) in [4.78, 5) is 28.0. The maximum atomic E-state index is 12.3. The summed E-state index contributed by atoms with van der Waals surface area (Å²) in [6, 6.07) is 1.37. The number of carboxylic acids is 1. The Balaban J connectivity index is 2.79. The number of rotatable bonds is 3. The molecule has 1 N–H and O–H groups in total. The average Bonchev–Trinajstić information content (AvgIpc) is 2.80. The van der Waals surface area contributed by atoms with E-state index in [2.05, 4.69) is 4.98 Å². The van der Waals surface area contributed by atoms with Crippen molar-refractivity contribution in [3.8, 4) is 0 Å². The predicted molar refractivity (Wildman–Crippen MR) is 77.7 cm³/mol. The SMILES string of the molecule is Cc1cc(=O)n(C(C)(C)c2nccs2)c(C)c1C(=O)O. The second-order valence-corrected chi connectivity index (χ2v) is 6.06. The third-order valence-corrected chi connectivity index (χ3v) is 4.47. The Hall–Kier alpha value is -1.95. The molecule has 0 aliphatic carbocycles. The van der Waals surface area contributed by atoms with Crippen LogP contribution in [0, 0.1) is 13.8 Å². The maximum Gasteiger partial charge on any atom is 0.337 e. The summed E-state index contributed by atoms with van der Waals surface area (Å²) in [5, 5.41) is 11.9. The molecule has 0 fully saturated rings. The van der Waals surface area contributed by atoms with Gasteiger partial charge in [0.15, 0.2) is 0 Å². The van der Waals surface area contributed by atoms with Gasteiger partial charge < -0.3 is 5.11 Å². The lowest BCUT2D eigenvalue weighted by atomic mass is 10.0. The van der Waals surface area contributed by atoms with Crippen LogP contribution in [0.15, 0.2) is 22.4 Å². The van der Waals surface area contributed by atoms with Crippen molar-refractivity contribution in [3.63, 3.8) is 0 Å². The molecular weight excluding hydrogens is 276 g/mol. The minimum absolute atomic E-state index is 0.175. The highest BCUT2D eigenvalue weighted by Gasteiger charge is 2.30. The maximum absolute atomic E-state index is 12.3. The van der Waals surface area contributed by atoms with Crippen LogP contribution in [0.25, 0.3) is 0 Å². The van der Waals surface area contributed by atoms with E-state index >= 15 is 0 Å². The highest BCUT2D eigenvalue weighted by atomic mass is 32.1. The van der Waals surface area contributed by atoms with Crippen molar-refractivity contribution in [1.29, 1.82) is 0 Å². The first kappa shape index (κ1) is 14.5. The lowest BCUT2D eigenvalue weighted by Gasteiger charge is -2.28. The number of thiazole rings is 1. The molecule has 6 heteroatoms. The Morgan fingerprint density at radius 3 is 2.55 bits per heavy atom. The van der Waals surface area contributed by atoms with Gasteiger partial charge >= 0.3 is 5.97 Å². The number of hydrogen-bond donors (Lipinski definition) is 1. The molecule has 0 bridgehead atoms. The topological polar surface area (TPSA) is 72.2 Å². The number of hydrogen-bond acceptors (Lipinski definition) is 4. The molecule has 0 radical (unpaired) electrons. The highest BCUT2D eigenvalue weighted by Crippen LogP contribution is 2.28. The van der Waals surface area contributed by atoms with Crippen molar-refractivity contribution in [2.24, 2.45) is 0 Å². The average molecular weight is 292 g/mol. The van der Waals surface area contributed by atoms with Gasteiger partial charge in [-0.2, -0.15) is 0 Å². The molecule has 2 rings (SSSR count). The van der Waals surface area contributed by atoms with Crippen molar-refractivity contribution in [2.45, 2.75) is 33.2 Å². The van der Waals surface area contributed by atoms with Crippen molar-refractivity contribution in [1.82, 2.24) is 9.55 Å². The summed E-state index contributed by atoms with van der Waals surface area (Å²) < 4.78 is 1.50. The molecule has 20 heavy (non-hydrogen) atoms.